The first-order valence-corrected chi connectivity index (χ1v) is 4.61. The topological polar surface area (TPSA) is 77.8 Å². The van der Waals surface area contributed by atoms with E-state index in [0.717, 1.165) is 0 Å². The van der Waals surface area contributed by atoms with Crippen LogP contribution in [0, 0.1) is 11.8 Å². The van der Waals surface area contributed by atoms with Gasteiger partial charge in [-0.15, -0.1) is 11.6 Å². The van der Waals surface area contributed by atoms with Crippen molar-refractivity contribution in [3.63, 3.8) is 0 Å². The van der Waals surface area contributed by atoms with Gasteiger partial charge < -0.3 is 15.3 Å². The molecule has 0 aliphatic heterocycles. The van der Waals surface area contributed by atoms with Gasteiger partial charge in [0.15, 0.2) is 0 Å². The summed E-state index contributed by atoms with van der Waals surface area (Å²) in [4.78, 5) is 10.7. The lowest BCUT2D eigenvalue weighted by Crippen LogP contribution is -2.48. The number of alkyl halides is 1. The summed E-state index contributed by atoms with van der Waals surface area (Å²) in [7, 11) is 0. The second-order valence-corrected chi connectivity index (χ2v) is 4.04. The molecule has 1 aliphatic carbocycles. The van der Waals surface area contributed by atoms with Crippen LogP contribution in [0.25, 0.3) is 0 Å². The Balaban J connectivity index is 2.79. The van der Waals surface area contributed by atoms with Crippen LogP contribution in [0.4, 0.5) is 0 Å². The highest BCUT2D eigenvalue weighted by atomic mass is 35.5. The van der Waals surface area contributed by atoms with Crippen LogP contribution in [-0.2, 0) is 4.79 Å². The first kappa shape index (κ1) is 10.8. The van der Waals surface area contributed by atoms with Crippen molar-refractivity contribution in [1.82, 2.24) is 0 Å². The van der Waals surface area contributed by atoms with Gasteiger partial charge in [0.25, 0.3) is 0 Å². The third-order valence-corrected chi connectivity index (χ3v) is 3.31. The van der Waals surface area contributed by atoms with Crippen LogP contribution in [0.3, 0.4) is 0 Å². The van der Waals surface area contributed by atoms with E-state index in [0.29, 0.717) is 0 Å². The minimum atomic E-state index is -1.06. The Labute approximate surface area is 81.1 Å². The van der Waals surface area contributed by atoms with Crippen LogP contribution in [-0.4, -0.2) is 38.9 Å². The molecule has 5 atom stereocenters. The number of aliphatic hydroxyl groups is 2. The molecule has 0 bridgehead atoms. The van der Waals surface area contributed by atoms with E-state index >= 15 is 0 Å². The largest absolute Gasteiger partial charge is 0.481 e. The molecule has 13 heavy (non-hydrogen) atoms. The fraction of sp³-hybridized carbons (Fsp3) is 0.875. The monoisotopic (exact) mass is 208 g/mol. The normalized spacial score (nSPS) is 46.0. The summed E-state index contributed by atoms with van der Waals surface area (Å²) in [6, 6.07) is 0. The molecule has 0 heterocycles. The Morgan fingerprint density at radius 3 is 2.38 bits per heavy atom. The van der Waals surface area contributed by atoms with Crippen molar-refractivity contribution in [2.24, 2.45) is 11.8 Å². The van der Waals surface area contributed by atoms with Crippen LogP contribution in [0.15, 0.2) is 0 Å². The van der Waals surface area contributed by atoms with E-state index in [9.17, 15) is 15.0 Å². The van der Waals surface area contributed by atoms with Gasteiger partial charge in [-0.25, -0.2) is 0 Å². The van der Waals surface area contributed by atoms with E-state index in [1.165, 1.54) is 0 Å². The summed E-state index contributed by atoms with van der Waals surface area (Å²) in [5, 5.41) is 26.9. The highest BCUT2D eigenvalue weighted by molar-refractivity contribution is 6.21. The van der Waals surface area contributed by atoms with Crippen molar-refractivity contribution in [3.8, 4) is 0 Å². The molecule has 0 aromatic rings. The number of aliphatic hydroxyl groups excluding tert-OH is 2. The van der Waals surface area contributed by atoms with Gasteiger partial charge in [-0.2, -0.15) is 0 Å². The molecule has 4 nitrogen and oxygen atoms in total. The van der Waals surface area contributed by atoms with Crippen LogP contribution in [0.5, 0.6) is 0 Å². The summed E-state index contributed by atoms with van der Waals surface area (Å²) in [5.41, 5.74) is 0. The number of hydrogen-bond acceptors (Lipinski definition) is 3. The van der Waals surface area contributed by atoms with Crippen molar-refractivity contribution in [2.75, 3.05) is 0 Å². The SMILES string of the molecule is CC1C(Cl)C(O)CC(O)C1C(=O)O. The van der Waals surface area contributed by atoms with E-state index in [1.807, 2.05) is 0 Å². The quantitative estimate of drug-likeness (QED) is 0.533. The maximum atomic E-state index is 10.7. The lowest BCUT2D eigenvalue weighted by Gasteiger charge is -2.37. The smallest absolute Gasteiger partial charge is 0.309 e. The van der Waals surface area contributed by atoms with Crippen LogP contribution in [0.2, 0.25) is 0 Å². The molecular weight excluding hydrogens is 196 g/mol. The number of halogens is 1. The highest BCUT2D eigenvalue weighted by Gasteiger charge is 2.44. The van der Waals surface area contributed by atoms with E-state index < -0.39 is 35.4 Å². The molecule has 5 heteroatoms. The fourth-order valence-electron chi connectivity index (χ4n) is 1.81. The van der Waals surface area contributed by atoms with E-state index in [-0.39, 0.29) is 6.42 Å². The van der Waals surface area contributed by atoms with Gasteiger partial charge in [0.1, 0.15) is 0 Å². The van der Waals surface area contributed by atoms with Gasteiger partial charge in [-0.1, -0.05) is 6.92 Å². The molecular formula is C8H13ClO4. The number of aliphatic carboxylic acids is 1. The Morgan fingerprint density at radius 2 is 1.92 bits per heavy atom. The van der Waals surface area contributed by atoms with Crippen molar-refractivity contribution in [3.05, 3.63) is 0 Å². The van der Waals surface area contributed by atoms with E-state index in [1.54, 1.807) is 6.92 Å². The highest BCUT2D eigenvalue weighted by Crippen LogP contribution is 2.34. The van der Waals surface area contributed by atoms with Gasteiger partial charge in [0.05, 0.1) is 23.5 Å². The summed E-state index contributed by atoms with van der Waals surface area (Å²) in [5.74, 6) is -2.35. The number of carboxylic acid groups (broad SMARTS) is 1. The molecule has 0 aromatic heterocycles. The lowest BCUT2D eigenvalue weighted by molar-refractivity contribution is -0.152. The zero-order chi connectivity index (χ0) is 10.2. The van der Waals surface area contributed by atoms with Gasteiger partial charge in [-0.05, 0) is 5.92 Å². The maximum Gasteiger partial charge on any atom is 0.309 e. The minimum Gasteiger partial charge on any atom is -0.481 e. The standard InChI is InChI=1S/C8H13ClO4/c1-3-6(8(12)13)4(10)2-5(11)7(3)9/h3-7,10-11H,2H2,1H3,(H,12,13). The van der Waals surface area contributed by atoms with Crippen LogP contribution in [0.1, 0.15) is 13.3 Å². The fourth-order valence-corrected chi connectivity index (χ4v) is 2.07. The average Bonchev–Trinajstić information content (AvgIpc) is 1.99. The molecule has 1 saturated carbocycles. The Hall–Kier alpha value is -0.320. The maximum absolute atomic E-state index is 10.7. The third-order valence-electron chi connectivity index (χ3n) is 2.62. The number of hydrogen-bond donors (Lipinski definition) is 3. The molecule has 0 saturated heterocycles. The van der Waals surface area contributed by atoms with E-state index in [4.69, 9.17) is 16.7 Å². The van der Waals surface area contributed by atoms with Crippen LogP contribution >= 0.6 is 11.6 Å². The molecule has 0 spiro atoms. The number of carbonyl (C=O) groups is 1. The van der Waals surface area contributed by atoms with Crippen molar-refractivity contribution < 1.29 is 20.1 Å². The van der Waals surface area contributed by atoms with E-state index in [2.05, 4.69) is 0 Å². The van der Waals surface area contributed by atoms with Gasteiger partial charge in [0, 0.05) is 6.42 Å². The van der Waals surface area contributed by atoms with Crippen molar-refractivity contribution in [2.45, 2.75) is 30.9 Å². The second kappa shape index (κ2) is 3.82. The summed E-state index contributed by atoms with van der Waals surface area (Å²) < 4.78 is 0. The Morgan fingerprint density at radius 1 is 1.38 bits per heavy atom. The number of carboxylic acids is 1. The molecule has 5 unspecified atom stereocenters. The number of rotatable bonds is 1. The summed E-state index contributed by atoms with van der Waals surface area (Å²) in [6.07, 6.45) is -1.78. The van der Waals surface area contributed by atoms with Crippen molar-refractivity contribution in [1.29, 1.82) is 0 Å². The molecule has 0 amide bonds. The molecule has 0 aromatic carbocycles. The predicted molar refractivity (Wildman–Crippen MR) is 46.6 cm³/mol. The molecule has 3 N–H and O–H groups in total. The Kier molecular flexibility index (Phi) is 3.16. The molecule has 1 fully saturated rings. The Bertz CT molecular complexity index is 208. The average molecular weight is 209 g/mol. The zero-order valence-corrected chi connectivity index (χ0v) is 7.98. The summed E-state index contributed by atoms with van der Waals surface area (Å²) in [6.45, 7) is 1.63. The second-order valence-electron chi connectivity index (χ2n) is 3.54. The van der Waals surface area contributed by atoms with Gasteiger partial charge in [0.2, 0.25) is 0 Å². The summed E-state index contributed by atoms with van der Waals surface area (Å²) >= 11 is 5.80. The minimum absolute atomic E-state index is 0.0372. The van der Waals surface area contributed by atoms with Crippen molar-refractivity contribution >= 4 is 17.6 Å². The molecule has 0 radical (unpaired) electrons. The van der Waals surface area contributed by atoms with Crippen LogP contribution < -0.4 is 0 Å². The molecule has 76 valence electrons. The zero-order valence-electron chi connectivity index (χ0n) is 7.22. The van der Waals surface area contributed by atoms with Gasteiger partial charge >= 0.3 is 5.97 Å². The first-order valence-electron chi connectivity index (χ1n) is 4.18. The lowest BCUT2D eigenvalue weighted by atomic mass is 9.76. The third kappa shape index (κ3) is 1.95. The molecule has 1 rings (SSSR count). The molecule has 1 aliphatic rings. The van der Waals surface area contributed by atoms with Gasteiger partial charge in [-0.3, -0.25) is 4.79 Å². The first-order chi connectivity index (χ1) is 5.95. The predicted octanol–water partition coefficient (Wildman–Crippen LogP) is 0.0562.